The van der Waals surface area contributed by atoms with Crippen LogP contribution in [-0.4, -0.2) is 34.7 Å². The van der Waals surface area contributed by atoms with E-state index in [1.54, 1.807) is 5.51 Å². The Morgan fingerprint density at radius 3 is 2.77 bits per heavy atom. The number of nitrogens with zero attached hydrogens (tertiary/aromatic N) is 2. The van der Waals surface area contributed by atoms with Crippen LogP contribution in [0.4, 0.5) is 0 Å². The Kier molecular flexibility index (Phi) is 3.40. The first-order valence-electron chi connectivity index (χ1n) is 7.47. The number of nitrogens with two attached hydrogens (primary N) is 1. The van der Waals surface area contributed by atoms with Crippen LogP contribution in [0.5, 0.6) is 0 Å². The van der Waals surface area contributed by atoms with Crippen molar-refractivity contribution in [3.63, 3.8) is 0 Å². The number of carbonyl (C=O) groups is 2. The minimum atomic E-state index is -0.464. The van der Waals surface area contributed by atoms with Crippen molar-refractivity contribution in [2.24, 2.45) is 16.6 Å². The Balaban J connectivity index is 1.85. The summed E-state index contributed by atoms with van der Waals surface area (Å²) in [6.45, 7) is 7.08. The molecule has 1 spiro atoms. The molecule has 1 amide bonds. The van der Waals surface area contributed by atoms with E-state index in [1.165, 1.54) is 11.3 Å². The molecule has 5 nitrogen and oxygen atoms in total. The van der Waals surface area contributed by atoms with Gasteiger partial charge in [0, 0.05) is 28.8 Å². The van der Waals surface area contributed by atoms with E-state index in [2.05, 4.69) is 4.98 Å². The van der Waals surface area contributed by atoms with E-state index in [0.717, 1.165) is 17.7 Å². The quantitative estimate of drug-likeness (QED) is 0.860. The zero-order chi connectivity index (χ0) is 16.1. The molecule has 1 fully saturated rings. The molecule has 0 radical (unpaired) electrons. The van der Waals surface area contributed by atoms with Crippen LogP contribution >= 0.6 is 11.3 Å². The van der Waals surface area contributed by atoms with Crippen molar-refractivity contribution >= 4 is 23.0 Å². The van der Waals surface area contributed by atoms with E-state index in [0.29, 0.717) is 24.5 Å². The molecule has 3 rings (SSSR count). The lowest BCUT2D eigenvalue weighted by Gasteiger charge is -2.39. The standard InChI is InChI=1S/C16H21N3O2S/c1-10-12(18-9-22-10)14(21)19-5-4-16(8-19)6-11(17)13(20)15(2,3)7-16/h6,9H,4-5,7-8,17H2,1-3H3/t16-/m1/s1. The second-order valence-corrected chi connectivity index (χ2v) is 8.14. The largest absolute Gasteiger partial charge is 0.396 e. The Hall–Kier alpha value is -1.69. The zero-order valence-electron chi connectivity index (χ0n) is 13.2. The summed E-state index contributed by atoms with van der Waals surface area (Å²) in [5.74, 6) is -0.00412. The van der Waals surface area contributed by atoms with Gasteiger partial charge >= 0.3 is 0 Å². The number of aromatic nitrogens is 1. The number of amides is 1. The topological polar surface area (TPSA) is 76.3 Å². The lowest BCUT2D eigenvalue weighted by molar-refractivity contribution is -0.125. The number of hydrogen-bond acceptors (Lipinski definition) is 5. The number of thiazole rings is 1. The summed E-state index contributed by atoms with van der Waals surface area (Å²) in [6.07, 6.45) is 3.47. The number of allylic oxidation sites excluding steroid dienone is 1. The molecule has 1 aromatic heterocycles. The van der Waals surface area contributed by atoms with Crippen LogP contribution in [0.1, 0.15) is 42.1 Å². The number of aryl methyl sites for hydroxylation is 1. The highest BCUT2D eigenvalue weighted by molar-refractivity contribution is 7.09. The summed E-state index contributed by atoms with van der Waals surface area (Å²) in [5.41, 5.74) is 7.90. The van der Waals surface area contributed by atoms with Crippen LogP contribution in [0.25, 0.3) is 0 Å². The molecule has 0 unspecified atom stereocenters. The molecule has 22 heavy (non-hydrogen) atoms. The van der Waals surface area contributed by atoms with Crippen LogP contribution in [0.15, 0.2) is 17.3 Å². The Bertz CT molecular complexity index is 677. The van der Waals surface area contributed by atoms with E-state index in [-0.39, 0.29) is 17.1 Å². The van der Waals surface area contributed by atoms with Crippen molar-refractivity contribution in [3.8, 4) is 0 Å². The third kappa shape index (κ3) is 2.35. The molecule has 1 aliphatic heterocycles. The van der Waals surface area contributed by atoms with Crippen LogP contribution in [0.3, 0.4) is 0 Å². The van der Waals surface area contributed by atoms with Gasteiger partial charge in [0.25, 0.3) is 5.91 Å². The minimum absolute atomic E-state index is 0.0123. The molecule has 1 aliphatic carbocycles. The fourth-order valence-corrected chi connectivity index (χ4v) is 4.36. The SMILES string of the molecule is Cc1scnc1C(=O)N1CC[C@]2(C=C(N)C(=O)C(C)(C)C2)C1. The van der Waals surface area contributed by atoms with Crippen molar-refractivity contribution in [1.82, 2.24) is 9.88 Å². The lowest BCUT2D eigenvalue weighted by Crippen LogP contribution is -2.42. The fourth-order valence-electron chi connectivity index (χ4n) is 3.79. The first kappa shape index (κ1) is 15.2. The van der Waals surface area contributed by atoms with Gasteiger partial charge in [-0.25, -0.2) is 4.98 Å². The van der Waals surface area contributed by atoms with Gasteiger partial charge in [0.1, 0.15) is 5.69 Å². The summed E-state index contributed by atoms with van der Waals surface area (Å²) in [4.78, 5) is 31.7. The van der Waals surface area contributed by atoms with E-state index in [1.807, 2.05) is 31.7 Å². The van der Waals surface area contributed by atoms with Crippen molar-refractivity contribution < 1.29 is 9.59 Å². The number of likely N-dealkylation sites (tertiary alicyclic amines) is 1. The maximum atomic E-state index is 12.6. The first-order valence-corrected chi connectivity index (χ1v) is 8.35. The summed E-state index contributed by atoms with van der Waals surface area (Å²) < 4.78 is 0. The zero-order valence-corrected chi connectivity index (χ0v) is 14.0. The molecule has 1 aromatic rings. The number of hydrogen-bond donors (Lipinski definition) is 1. The molecular formula is C16H21N3O2S. The van der Waals surface area contributed by atoms with Gasteiger partial charge in [-0.1, -0.05) is 13.8 Å². The molecule has 6 heteroatoms. The van der Waals surface area contributed by atoms with Gasteiger partial charge in [0.05, 0.1) is 11.2 Å². The maximum Gasteiger partial charge on any atom is 0.273 e. The number of rotatable bonds is 1. The normalized spacial score (nSPS) is 27.3. The van der Waals surface area contributed by atoms with E-state index >= 15 is 0 Å². The molecule has 1 saturated heterocycles. The second kappa shape index (κ2) is 4.91. The Morgan fingerprint density at radius 1 is 1.45 bits per heavy atom. The molecule has 0 bridgehead atoms. The average molecular weight is 319 g/mol. The van der Waals surface area contributed by atoms with Gasteiger partial charge in [-0.3, -0.25) is 9.59 Å². The minimum Gasteiger partial charge on any atom is -0.396 e. The highest BCUT2D eigenvalue weighted by Crippen LogP contribution is 2.47. The van der Waals surface area contributed by atoms with Gasteiger partial charge in [-0.2, -0.15) is 0 Å². The number of ketones is 1. The van der Waals surface area contributed by atoms with Crippen LogP contribution < -0.4 is 5.73 Å². The molecule has 2 heterocycles. The molecule has 1 atom stereocenters. The maximum absolute atomic E-state index is 12.6. The fraction of sp³-hybridized carbons (Fsp3) is 0.562. The van der Waals surface area contributed by atoms with Crippen molar-refractivity contribution in [2.75, 3.05) is 13.1 Å². The Morgan fingerprint density at radius 2 is 2.18 bits per heavy atom. The number of carbonyl (C=O) groups excluding carboxylic acids is 2. The van der Waals surface area contributed by atoms with Crippen LogP contribution in [-0.2, 0) is 4.79 Å². The molecule has 2 aliphatic rings. The van der Waals surface area contributed by atoms with Crippen molar-refractivity contribution in [1.29, 1.82) is 0 Å². The summed E-state index contributed by atoms with van der Waals surface area (Å²) in [6, 6.07) is 0. The van der Waals surface area contributed by atoms with Gasteiger partial charge < -0.3 is 10.6 Å². The second-order valence-electron chi connectivity index (χ2n) is 7.09. The summed E-state index contributed by atoms with van der Waals surface area (Å²) in [5, 5.41) is 0. The third-order valence-corrected chi connectivity index (χ3v) is 5.51. The monoisotopic (exact) mass is 319 g/mol. The van der Waals surface area contributed by atoms with Gasteiger partial charge in [0.15, 0.2) is 5.78 Å². The highest BCUT2D eigenvalue weighted by atomic mass is 32.1. The van der Waals surface area contributed by atoms with Gasteiger partial charge in [0.2, 0.25) is 0 Å². The predicted octanol–water partition coefficient (Wildman–Crippen LogP) is 2.13. The Labute approximate surface area is 134 Å². The van der Waals surface area contributed by atoms with Crippen LogP contribution in [0.2, 0.25) is 0 Å². The van der Waals surface area contributed by atoms with Crippen molar-refractivity contribution in [3.05, 3.63) is 27.9 Å². The van der Waals surface area contributed by atoms with Gasteiger partial charge in [-0.15, -0.1) is 11.3 Å². The lowest BCUT2D eigenvalue weighted by atomic mass is 9.65. The smallest absolute Gasteiger partial charge is 0.273 e. The number of Topliss-reactive ketones (excluding diaryl/α,β-unsaturated/α-hetero) is 1. The predicted molar refractivity (Wildman–Crippen MR) is 85.5 cm³/mol. The van der Waals surface area contributed by atoms with Gasteiger partial charge in [-0.05, 0) is 25.8 Å². The van der Waals surface area contributed by atoms with E-state index in [9.17, 15) is 9.59 Å². The first-order chi connectivity index (χ1) is 10.2. The average Bonchev–Trinajstić information content (AvgIpc) is 3.02. The van der Waals surface area contributed by atoms with E-state index < -0.39 is 5.41 Å². The molecule has 118 valence electrons. The molecular weight excluding hydrogens is 298 g/mol. The molecule has 0 saturated carbocycles. The highest BCUT2D eigenvalue weighted by Gasteiger charge is 2.48. The summed E-state index contributed by atoms with van der Waals surface area (Å²) in [7, 11) is 0. The van der Waals surface area contributed by atoms with Crippen LogP contribution in [0, 0.1) is 17.8 Å². The third-order valence-electron chi connectivity index (χ3n) is 4.75. The van der Waals surface area contributed by atoms with E-state index in [4.69, 9.17) is 5.73 Å². The molecule has 2 N–H and O–H groups in total. The summed E-state index contributed by atoms with van der Waals surface area (Å²) >= 11 is 1.48. The molecule has 0 aromatic carbocycles. The van der Waals surface area contributed by atoms with Crippen molar-refractivity contribution in [2.45, 2.75) is 33.6 Å².